The van der Waals surface area contributed by atoms with Crippen LogP contribution < -0.4 is 0 Å². The summed E-state index contributed by atoms with van der Waals surface area (Å²) < 4.78 is 0. The lowest BCUT2D eigenvalue weighted by Crippen LogP contribution is -2.50. The van der Waals surface area contributed by atoms with Crippen LogP contribution in [0.2, 0.25) is 0 Å². The molecule has 0 aromatic rings. The van der Waals surface area contributed by atoms with Crippen molar-refractivity contribution >= 4 is 0 Å². The van der Waals surface area contributed by atoms with Gasteiger partial charge in [-0.3, -0.25) is 0 Å². The average Bonchev–Trinajstić information content (AvgIpc) is 3.25. The lowest BCUT2D eigenvalue weighted by molar-refractivity contribution is -0.0573. The number of aliphatic hydroxyl groups excluding tert-OH is 1. The van der Waals surface area contributed by atoms with Crippen LogP contribution in [0, 0.1) is 52.3 Å². The Bertz CT molecular complexity index is 636. The minimum atomic E-state index is -0.0735. The molecular formula is C27H44O. The maximum Gasteiger partial charge on any atom is 0.0577 e. The topological polar surface area (TPSA) is 20.2 Å². The summed E-state index contributed by atoms with van der Waals surface area (Å²) in [5.41, 5.74) is 2.62. The fourth-order valence-electron chi connectivity index (χ4n) is 9.10. The van der Waals surface area contributed by atoms with Crippen LogP contribution in [0.3, 0.4) is 0 Å². The molecule has 0 saturated heterocycles. The molecule has 0 radical (unpaired) electrons. The van der Waals surface area contributed by atoms with Crippen molar-refractivity contribution in [3.8, 4) is 0 Å². The van der Waals surface area contributed by atoms with E-state index in [1.807, 2.05) is 0 Å². The number of rotatable bonds is 4. The smallest absolute Gasteiger partial charge is 0.0577 e. The monoisotopic (exact) mass is 384 g/mol. The van der Waals surface area contributed by atoms with E-state index in [1.54, 1.807) is 5.57 Å². The second kappa shape index (κ2) is 6.86. The van der Waals surface area contributed by atoms with Gasteiger partial charge >= 0.3 is 0 Å². The minimum absolute atomic E-state index is 0.0735. The van der Waals surface area contributed by atoms with Gasteiger partial charge in [0.05, 0.1) is 6.10 Å². The van der Waals surface area contributed by atoms with Gasteiger partial charge in [0.15, 0.2) is 0 Å². The third-order valence-corrected chi connectivity index (χ3v) is 11.1. The van der Waals surface area contributed by atoms with Crippen molar-refractivity contribution in [3.63, 3.8) is 0 Å². The van der Waals surface area contributed by atoms with Gasteiger partial charge in [-0.2, -0.15) is 0 Å². The van der Waals surface area contributed by atoms with Gasteiger partial charge in [0, 0.05) is 0 Å². The minimum Gasteiger partial charge on any atom is -0.393 e. The molecule has 10 atom stereocenters. The van der Waals surface area contributed by atoms with Crippen molar-refractivity contribution < 1.29 is 5.11 Å². The van der Waals surface area contributed by atoms with E-state index >= 15 is 0 Å². The zero-order chi connectivity index (χ0) is 19.7. The molecule has 5 aliphatic carbocycles. The van der Waals surface area contributed by atoms with Gasteiger partial charge < -0.3 is 5.11 Å². The molecule has 28 heavy (non-hydrogen) atoms. The third-order valence-electron chi connectivity index (χ3n) is 11.1. The zero-order valence-electron chi connectivity index (χ0n) is 18.9. The molecule has 0 spiro atoms. The highest BCUT2D eigenvalue weighted by molar-refractivity contribution is 5.25. The van der Waals surface area contributed by atoms with Crippen molar-refractivity contribution in [1.82, 2.24) is 0 Å². The van der Waals surface area contributed by atoms with Crippen LogP contribution in [0.4, 0.5) is 0 Å². The summed E-state index contributed by atoms with van der Waals surface area (Å²) in [6.07, 6.45) is 17.4. The summed E-state index contributed by atoms with van der Waals surface area (Å²) in [5, 5.41) is 10.2. The molecule has 0 heterocycles. The summed E-state index contributed by atoms with van der Waals surface area (Å²) in [5.74, 6) is 6.75. The molecule has 5 rings (SSSR count). The van der Waals surface area contributed by atoms with E-state index in [1.165, 1.54) is 57.8 Å². The largest absolute Gasteiger partial charge is 0.393 e. The molecule has 158 valence electrons. The van der Waals surface area contributed by atoms with Gasteiger partial charge in [0.2, 0.25) is 0 Å². The summed E-state index contributed by atoms with van der Waals surface area (Å²) in [6, 6.07) is 0. The Morgan fingerprint density at radius 3 is 2.64 bits per heavy atom. The third kappa shape index (κ3) is 2.97. The number of aliphatic hydroxyl groups is 1. The van der Waals surface area contributed by atoms with E-state index in [-0.39, 0.29) is 6.10 Å². The fourth-order valence-corrected chi connectivity index (χ4v) is 9.10. The Morgan fingerprint density at radius 1 is 1.11 bits per heavy atom. The molecule has 1 nitrogen and oxygen atoms in total. The van der Waals surface area contributed by atoms with E-state index in [0.717, 1.165) is 54.3 Å². The maximum atomic E-state index is 10.2. The molecule has 0 aromatic carbocycles. The van der Waals surface area contributed by atoms with Crippen molar-refractivity contribution in [2.75, 3.05) is 0 Å². The van der Waals surface area contributed by atoms with Crippen LogP contribution in [-0.2, 0) is 0 Å². The van der Waals surface area contributed by atoms with E-state index in [2.05, 4.69) is 33.8 Å². The SMILES string of the molecule is CC1CC1CC[C@@H](C)[C@H]1CCC2C3CC=C4C[C@@H](O)CC[C@]4(C)C3CC[C@@]21C. The first kappa shape index (κ1) is 19.7. The highest BCUT2D eigenvalue weighted by Crippen LogP contribution is 2.67. The van der Waals surface area contributed by atoms with Gasteiger partial charge in [0.1, 0.15) is 0 Å². The van der Waals surface area contributed by atoms with E-state index in [4.69, 9.17) is 0 Å². The van der Waals surface area contributed by atoms with Crippen molar-refractivity contribution in [2.24, 2.45) is 52.3 Å². The Morgan fingerprint density at radius 2 is 1.89 bits per heavy atom. The molecule has 5 aliphatic rings. The molecule has 0 amide bonds. The maximum absolute atomic E-state index is 10.2. The molecule has 0 bridgehead atoms. The van der Waals surface area contributed by atoms with Crippen LogP contribution in [0.5, 0.6) is 0 Å². The Labute approximate surface area is 173 Å². The predicted molar refractivity (Wildman–Crippen MR) is 117 cm³/mol. The van der Waals surface area contributed by atoms with Gasteiger partial charge in [-0.25, -0.2) is 0 Å². The number of hydrogen-bond acceptors (Lipinski definition) is 1. The summed E-state index contributed by atoms with van der Waals surface area (Å²) >= 11 is 0. The Balaban J connectivity index is 1.32. The molecule has 1 N–H and O–H groups in total. The quantitative estimate of drug-likeness (QED) is 0.517. The Kier molecular flexibility index (Phi) is 4.81. The average molecular weight is 385 g/mol. The number of hydrogen-bond donors (Lipinski definition) is 1. The van der Waals surface area contributed by atoms with Gasteiger partial charge in [-0.1, -0.05) is 45.8 Å². The van der Waals surface area contributed by atoms with Crippen molar-refractivity contribution in [3.05, 3.63) is 11.6 Å². The Hall–Kier alpha value is -0.300. The zero-order valence-corrected chi connectivity index (χ0v) is 18.9. The second-order valence-corrected chi connectivity index (χ2v) is 12.4. The lowest BCUT2D eigenvalue weighted by Gasteiger charge is -2.58. The standard InChI is InChI=1S/C27H44O/c1-17(5-6-19-15-18(19)2)23-9-10-24-22-8-7-20-16-21(28)11-13-26(20,3)25(22)12-14-27(23,24)4/h7,17-19,21-25,28H,5-6,8-16H2,1-4H3/t17-,18?,19?,21+,22?,23-,24?,25?,26+,27-/m1/s1. The molecule has 4 fully saturated rings. The van der Waals surface area contributed by atoms with E-state index in [9.17, 15) is 5.11 Å². The molecule has 0 aliphatic heterocycles. The van der Waals surface area contributed by atoms with Gasteiger partial charge in [0.25, 0.3) is 0 Å². The lowest BCUT2D eigenvalue weighted by atomic mass is 9.47. The van der Waals surface area contributed by atoms with Gasteiger partial charge in [-0.05, 0) is 116 Å². The van der Waals surface area contributed by atoms with E-state index < -0.39 is 0 Å². The van der Waals surface area contributed by atoms with Crippen LogP contribution in [0.1, 0.15) is 98.3 Å². The predicted octanol–water partition coefficient (Wildman–Crippen LogP) is 7.00. The van der Waals surface area contributed by atoms with Crippen LogP contribution in [0.15, 0.2) is 11.6 Å². The molecule has 0 aromatic heterocycles. The van der Waals surface area contributed by atoms with Crippen LogP contribution in [0.25, 0.3) is 0 Å². The highest BCUT2D eigenvalue weighted by atomic mass is 16.3. The van der Waals surface area contributed by atoms with Gasteiger partial charge in [-0.15, -0.1) is 0 Å². The first-order valence-electron chi connectivity index (χ1n) is 12.7. The summed E-state index contributed by atoms with van der Waals surface area (Å²) in [7, 11) is 0. The summed E-state index contributed by atoms with van der Waals surface area (Å²) in [4.78, 5) is 0. The molecule has 5 unspecified atom stereocenters. The van der Waals surface area contributed by atoms with E-state index in [0.29, 0.717) is 10.8 Å². The first-order valence-corrected chi connectivity index (χ1v) is 12.7. The number of allylic oxidation sites excluding steroid dienone is 1. The van der Waals surface area contributed by atoms with Crippen LogP contribution in [-0.4, -0.2) is 11.2 Å². The second-order valence-electron chi connectivity index (χ2n) is 12.4. The van der Waals surface area contributed by atoms with Crippen LogP contribution >= 0.6 is 0 Å². The summed E-state index contributed by atoms with van der Waals surface area (Å²) in [6.45, 7) is 10.3. The number of fused-ring (bicyclic) bond motifs is 5. The van der Waals surface area contributed by atoms with Crippen molar-refractivity contribution in [2.45, 2.75) is 104 Å². The fraction of sp³-hybridized carbons (Fsp3) is 0.926. The first-order chi connectivity index (χ1) is 13.3. The molecular weight excluding hydrogens is 340 g/mol. The normalized spacial score (nSPS) is 53.6. The molecule has 4 saturated carbocycles. The van der Waals surface area contributed by atoms with Crippen molar-refractivity contribution in [1.29, 1.82) is 0 Å². The highest BCUT2D eigenvalue weighted by Gasteiger charge is 2.59. The molecule has 1 heteroatoms.